The normalized spacial score (nSPS) is 26.8. The number of nitrogens with zero attached hydrogens (tertiary/aromatic N) is 5. The van der Waals surface area contributed by atoms with E-state index in [1.54, 1.807) is 18.6 Å². The third-order valence-electron chi connectivity index (χ3n) is 7.18. The average molecular weight is 463 g/mol. The Balaban J connectivity index is 1.07. The minimum Gasteiger partial charge on any atom is -0.476 e. The van der Waals surface area contributed by atoms with E-state index in [1.165, 1.54) is 17.1 Å². The number of carbonyl (C=O) groups is 1. The Kier molecular flexibility index (Phi) is 4.59. The zero-order valence-electron chi connectivity index (χ0n) is 18.6. The van der Waals surface area contributed by atoms with Gasteiger partial charge in [-0.05, 0) is 43.0 Å². The zero-order valence-corrected chi connectivity index (χ0v) is 18.6. The quantitative estimate of drug-likeness (QED) is 0.547. The fourth-order valence-electron chi connectivity index (χ4n) is 5.70. The molecule has 0 saturated heterocycles. The van der Waals surface area contributed by atoms with Crippen molar-refractivity contribution in [3.05, 3.63) is 66.3 Å². The lowest BCUT2D eigenvalue weighted by molar-refractivity contribution is -0.227. The molecular formula is C25H23F2N5O2. The van der Waals surface area contributed by atoms with Gasteiger partial charge in [0.05, 0.1) is 36.2 Å². The van der Waals surface area contributed by atoms with E-state index >= 15 is 0 Å². The van der Waals surface area contributed by atoms with Crippen molar-refractivity contribution in [1.82, 2.24) is 19.5 Å². The molecule has 1 amide bonds. The summed E-state index contributed by atoms with van der Waals surface area (Å²) in [6, 6.07) is 4.87. The van der Waals surface area contributed by atoms with Gasteiger partial charge in [-0.15, -0.1) is 0 Å². The summed E-state index contributed by atoms with van der Waals surface area (Å²) in [6.45, 7) is 0.475. The molecule has 1 atom stereocenters. The summed E-state index contributed by atoms with van der Waals surface area (Å²) in [5.41, 5.74) is 1.69. The number of aromatic nitrogens is 3. The van der Waals surface area contributed by atoms with Gasteiger partial charge in [0.1, 0.15) is 11.6 Å². The summed E-state index contributed by atoms with van der Waals surface area (Å²) in [5.74, 6) is -0.932. The summed E-state index contributed by atoms with van der Waals surface area (Å²) in [4.78, 5) is 22.1. The second kappa shape index (κ2) is 7.44. The fraction of sp³-hybridized carbons (Fsp3) is 0.360. The average Bonchev–Trinajstić information content (AvgIpc) is 3.41. The number of hydrogen-bond donors (Lipinski definition) is 0. The third-order valence-corrected chi connectivity index (χ3v) is 7.18. The molecule has 3 saturated carbocycles. The lowest BCUT2D eigenvalue weighted by atomic mass is 9.35. The Morgan fingerprint density at radius 1 is 1.15 bits per heavy atom. The molecule has 174 valence electrons. The minimum atomic E-state index is -0.657. The number of benzene rings is 1. The molecule has 1 unspecified atom stereocenters. The molecule has 2 aromatic heterocycles. The molecule has 3 fully saturated rings. The summed E-state index contributed by atoms with van der Waals surface area (Å²) in [6.07, 6.45) is 11.5. The number of hydrogen-bond acceptors (Lipinski definition) is 5. The van der Waals surface area contributed by atoms with Gasteiger partial charge in [-0.1, -0.05) is 0 Å². The van der Waals surface area contributed by atoms with Crippen molar-refractivity contribution in [1.29, 1.82) is 0 Å². The van der Waals surface area contributed by atoms with Gasteiger partial charge in [0.25, 0.3) is 0 Å². The first-order valence-corrected chi connectivity index (χ1v) is 11.2. The standard InChI is InChI=1S/C25H23F2N5O2/c1-31-5-3-16(11-31)20-9-29-22(10-28-20)34-15-24-12-25(13-24,14-24)23(33)32-21(2-4-30-32)17-6-18(26)8-19(27)7-17/h3-11,21H,2,12-15H2,1H3. The van der Waals surface area contributed by atoms with Gasteiger partial charge >= 0.3 is 0 Å². The molecule has 1 aromatic carbocycles. The molecule has 0 N–H and O–H groups in total. The smallest absolute Gasteiger partial charge is 0.249 e. The first-order valence-electron chi connectivity index (χ1n) is 11.2. The van der Waals surface area contributed by atoms with Gasteiger partial charge in [0.15, 0.2) is 0 Å². The molecule has 0 spiro atoms. The molecule has 2 bridgehead atoms. The van der Waals surface area contributed by atoms with Crippen LogP contribution in [0.25, 0.3) is 11.3 Å². The second-order valence-corrected chi connectivity index (χ2v) is 9.81. The van der Waals surface area contributed by atoms with E-state index in [1.807, 2.05) is 30.1 Å². The zero-order chi connectivity index (χ0) is 23.5. The van der Waals surface area contributed by atoms with Crippen molar-refractivity contribution in [2.75, 3.05) is 6.61 Å². The predicted molar refractivity (Wildman–Crippen MR) is 120 cm³/mol. The summed E-state index contributed by atoms with van der Waals surface area (Å²) >= 11 is 0. The van der Waals surface area contributed by atoms with Crippen LogP contribution in [0.5, 0.6) is 5.88 Å². The number of aryl methyl sites for hydroxylation is 1. The largest absolute Gasteiger partial charge is 0.476 e. The molecule has 9 heteroatoms. The summed E-state index contributed by atoms with van der Waals surface area (Å²) < 4.78 is 35.3. The first-order chi connectivity index (χ1) is 16.3. The van der Waals surface area contributed by atoms with Crippen LogP contribution in [-0.2, 0) is 11.8 Å². The molecule has 4 aliphatic rings. The minimum absolute atomic E-state index is 0.0423. The molecule has 3 aliphatic carbocycles. The van der Waals surface area contributed by atoms with E-state index < -0.39 is 23.1 Å². The number of ether oxygens (including phenoxy) is 1. The van der Waals surface area contributed by atoms with Gasteiger partial charge in [0.2, 0.25) is 11.8 Å². The highest BCUT2D eigenvalue weighted by Crippen LogP contribution is 2.74. The van der Waals surface area contributed by atoms with Crippen LogP contribution in [0.15, 0.2) is 54.2 Å². The molecule has 0 radical (unpaired) electrons. The van der Waals surface area contributed by atoms with Crippen LogP contribution in [0.3, 0.4) is 0 Å². The van der Waals surface area contributed by atoms with Crippen LogP contribution in [-0.4, -0.2) is 38.3 Å². The van der Waals surface area contributed by atoms with Crippen molar-refractivity contribution >= 4 is 12.1 Å². The summed E-state index contributed by atoms with van der Waals surface area (Å²) in [5, 5.41) is 5.65. The van der Waals surface area contributed by atoms with Crippen LogP contribution in [0, 0.1) is 22.5 Å². The number of amides is 1. The van der Waals surface area contributed by atoms with Crippen LogP contribution < -0.4 is 4.74 Å². The Bertz CT molecular complexity index is 1260. The van der Waals surface area contributed by atoms with Crippen LogP contribution in [0.2, 0.25) is 0 Å². The van der Waals surface area contributed by atoms with Crippen LogP contribution in [0.4, 0.5) is 8.78 Å². The van der Waals surface area contributed by atoms with Crippen molar-refractivity contribution in [2.45, 2.75) is 31.7 Å². The lowest BCUT2D eigenvalue weighted by Crippen LogP contribution is -2.69. The van der Waals surface area contributed by atoms with Gasteiger partial charge < -0.3 is 9.30 Å². The maximum absolute atomic E-state index is 13.7. The van der Waals surface area contributed by atoms with Crippen LogP contribution in [0.1, 0.15) is 37.3 Å². The van der Waals surface area contributed by atoms with Gasteiger partial charge in [-0.3, -0.25) is 4.79 Å². The molecule has 7 nitrogen and oxygen atoms in total. The molecule has 3 heterocycles. The number of carbonyl (C=O) groups excluding carboxylic acids is 1. The summed E-state index contributed by atoms with van der Waals surface area (Å²) in [7, 11) is 1.95. The monoisotopic (exact) mass is 463 g/mol. The molecule has 3 aromatic rings. The van der Waals surface area contributed by atoms with Crippen molar-refractivity contribution < 1.29 is 18.3 Å². The van der Waals surface area contributed by atoms with Crippen molar-refractivity contribution in [3.8, 4) is 17.1 Å². The third kappa shape index (κ3) is 3.38. The van der Waals surface area contributed by atoms with Gasteiger partial charge in [0, 0.05) is 49.1 Å². The number of rotatable bonds is 6. The Morgan fingerprint density at radius 3 is 2.56 bits per heavy atom. The van der Waals surface area contributed by atoms with E-state index in [4.69, 9.17) is 4.74 Å². The number of hydrazone groups is 1. The molecule has 34 heavy (non-hydrogen) atoms. The number of halogens is 2. The van der Waals surface area contributed by atoms with Gasteiger partial charge in [-0.25, -0.2) is 23.8 Å². The lowest BCUT2D eigenvalue weighted by Gasteiger charge is -2.69. The Labute approximate surface area is 195 Å². The highest BCUT2D eigenvalue weighted by molar-refractivity contribution is 5.88. The highest BCUT2D eigenvalue weighted by atomic mass is 19.1. The Morgan fingerprint density at radius 2 is 1.91 bits per heavy atom. The van der Waals surface area contributed by atoms with Crippen LogP contribution >= 0.6 is 0 Å². The maximum Gasteiger partial charge on any atom is 0.249 e. The van der Waals surface area contributed by atoms with Gasteiger partial charge in [-0.2, -0.15) is 5.10 Å². The maximum atomic E-state index is 13.7. The predicted octanol–water partition coefficient (Wildman–Crippen LogP) is 4.27. The van der Waals surface area contributed by atoms with E-state index in [0.717, 1.165) is 17.3 Å². The van der Waals surface area contributed by atoms with E-state index in [0.29, 0.717) is 43.7 Å². The van der Waals surface area contributed by atoms with Crippen molar-refractivity contribution in [2.24, 2.45) is 23.0 Å². The first kappa shape index (κ1) is 20.9. The molecule has 1 aliphatic heterocycles. The SMILES string of the molecule is Cn1ccc(-c2cnc(OCC34CC(C(=O)N5N=CCC5c5cc(F)cc(F)c5)(C3)C4)cn2)c1. The van der Waals surface area contributed by atoms with E-state index in [9.17, 15) is 13.6 Å². The topological polar surface area (TPSA) is 72.6 Å². The fourth-order valence-corrected chi connectivity index (χ4v) is 5.70. The van der Waals surface area contributed by atoms with Crippen molar-refractivity contribution in [3.63, 3.8) is 0 Å². The molecule has 7 rings (SSSR count). The molecular weight excluding hydrogens is 440 g/mol. The van der Waals surface area contributed by atoms with E-state index in [-0.39, 0.29) is 11.3 Å². The van der Waals surface area contributed by atoms with E-state index in [2.05, 4.69) is 15.1 Å². The highest BCUT2D eigenvalue weighted by Gasteiger charge is 2.73. The second-order valence-electron chi connectivity index (χ2n) is 9.81. The Hall–Kier alpha value is -3.62.